The maximum Gasteiger partial charge on any atom is 0.191 e. The average molecular weight is 522 g/mol. The number of halogens is 3. The molecule has 1 aromatic carbocycles. The average Bonchev–Trinajstić information content (AvgIpc) is 3.28. The number of hydrogen-bond acceptors (Lipinski definition) is 5. The monoisotopic (exact) mass is 522 g/mol. The number of guanidine groups is 1. The zero-order valence-electron chi connectivity index (χ0n) is 16.1. The summed E-state index contributed by atoms with van der Waals surface area (Å²) < 4.78 is 28.0. The number of nitrogens with one attached hydrogen (secondary N) is 2. The molecule has 0 amide bonds. The van der Waals surface area contributed by atoms with Crippen LogP contribution in [0.1, 0.15) is 12.1 Å². The topological polar surface area (TPSA) is 55.8 Å². The predicted molar refractivity (Wildman–Crippen MR) is 122 cm³/mol. The molecule has 1 aliphatic rings. The second kappa shape index (κ2) is 10.2. The second-order valence-corrected chi connectivity index (χ2v) is 7.42. The van der Waals surface area contributed by atoms with Gasteiger partial charge in [0, 0.05) is 45.7 Å². The smallest absolute Gasteiger partial charge is 0.191 e. The lowest BCUT2D eigenvalue weighted by Crippen LogP contribution is -2.44. The SMILES string of the molecule is CN=C(NCc1csc(N(C)C)n1)NC1CCN(c2c(F)cccc2F)C1.I. The molecular weight excluding hydrogens is 497 g/mol. The van der Waals surface area contributed by atoms with E-state index in [9.17, 15) is 8.78 Å². The van der Waals surface area contributed by atoms with Crippen LogP contribution in [0, 0.1) is 11.6 Å². The number of thiazole rings is 1. The number of benzene rings is 1. The van der Waals surface area contributed by atoms with Crippen LogP contribution in [0.3, 0.4) is 0 Å². The molecule has 154 valence electrons. The van der Waals surface area contributed by atoms with Crippen molar-refractivity contribution in [1.29, 1.82) is 0 Å². The highest BCUT2D eigenvalue weighted by Crippen LogP contribution is 2.26. The molecule has 1 atom stereocenters. The molecule has 6 nitrogen and oxygen atoms in total. The van der Waals surface area contributed by atoms with Gasteiger partial charge in [-0.2, -0.15) is 0 Å². The van der Waals surface area contributed by atoms with Crippen molar-refractivity contribution in [2.75, 3.05) is 44.0 Å². The standard InChI is InChI=1S/C18H24F2N6S.HI/c1-21-17(22-9-13-11-27-18(24-13)25(2)3)23-12-7-8-26(10-12)16-14(19)5-4-6-15(16)20;/h4-6,11-12H,7-10H2,1-3H3,(H2,21,22,23);1H. The van der Waals surface area contributed by atoms with Gasteiger partial charge in [0.2, 0.25) is 0 Å². The Hall–Kier alpha value is -1.69. The fourth-order valence-corrected chi connectivity index (χ4v) is 3.78. The molecule has 2 aromatic rings. The highest BCUT2D eigenvalue weighted by molar-refractivity contribution is 14.0. The minimum absolute atomic E-state index is 0. The summed E-state index contributed by atoms with van der Waals surface area (Å²) in [6.07, 6.45) is 0.774. The van der Waals surface area contributed by atoms with E-state index < -0.39 is 11.6 Å². The maximum atomic E-state index is 14.0. The summed E-state index contributed by atoms with van der Waals surface area (Å²) in [5.74, 6) is -0.410. The van der Waals surface area contributed by atoms with Crippen molar-refractivity contribution in [1.82, 2.24) is 15.6 Å². The van der Waals surface area contributed by atoms with Gasteiger partial charge in [-0.3, -0.25) is 4.99 Å². The van der Waals surface area contributed by atoms with Crippen molar-refractivity contribution in [3.8, 4) is 0 Å². The summed E-state index contributed by atoms with van der Waals surface area (Å²) in [6.45, 7) is 1.66. The van der Waals surface area contributed by atoms with E-state index in [0.29, 0.717) is 25.6 Å². The number of anilines is 2. The van der Waals surface area contributed by atoms with Crippen LogP contribution in [-0.4, -0.2) is 51.2 Å². The van der Waals surface area contributed by atoms with Crippen LogP contribution in [0.4, 0.5) is 19.6 Å². The summed E-state index contributed by atoms with van der Waals surface area (Å²) in [5, 5.41) is 9.52. The van der Waals surface area contributed by atoms with Crippen LogP contribution in [0.25, 0.3) is 0 Å². The number of para-hydroxylation sites is 1. The number of aromatic nitrogens is 1. The van der Waals surface area contributed by atoms with Crippen LogP contribution in [-0.2, 0) is 6.54 Å². The van der Waals surface area contributed by atoms with Gasteiger partial charge in [-0.25, -0.2) is 13.8 Å². The van der Waals surface area contributed by atoms with Crippen LogP contribution in [0.5, 0.6) is 0 Å². The summed E-state index contributed by atoms with van der Waals surface area (Å²) in [5.41, 5.74) is 0.983. The molecule has 2 heterocycles. The van der Waals surface area contributed by atoms with Crippen molar-refractivity contribution in [3.63, 3.8) is 0 Å². The number of hydrogen-bond donors (Lipinski definition) is 2. The first-order chi connectivity index (χ1) is 13.0. The van der Waals surface area contributed by atoms with E-state index in [0.717, 1.165) is 17.2 Å². The largest absolute Gasteiger partial charge is 0.365 e. The van der Waals surface area contributed by atoms with E-state index in [1.54, 1.807) is 23.3 Å². The van der Waals surface area contributed by atoms with Crippen molar-refractivity contribution >= 4 is 52.1 Å². The Kier molecular flexibility index (Phi) is 8.23. The Morgan fingerprint density at radius 2 is 2.07 bits per heavy atom. The molecule has 1 aliphatic heterocycles. The lowest BCUT2D eigenvalue weighted by atomic mass is 10.2. The van der Waals surface area contributed by atoms with Crippen molar-refractivity contribution < 1.29 is 8.78 Å². The fraction of sp³-hybridized carbons (Fsp3) is 0.444. The molecule has 10 heteroatoms. The molecule has 0 radical (unpaired) electrons. The molecule has 28 heavy (non-hydrogen) atoms. The quantitative estimate of drug-likeness (QED) is 0.360. The number of nitrogens with zero attached hydrogens (tertiary/aromatic N) is 4. The first-order valence-electron chi connectivity index (χ1n) is 8.75. The van der Waals surface area contributed by atoms with Gasteiger partial charge in [0.15, 0.2) is 11.1 Å². The Balaban J connectivity index is 0.00000280. The molecule has 1 unspecified atom stereocenters. The van der Waals surface area contributed by atoms with E-state index >= 15 is 0 Å². The molecule has 1 fully saturated rings. The van der Waals surface area contributed by atoms with E-state index in [1.165, 1.54) is 18.2 Å². The minimum Gasteiger partial charge on any atom is -0.365 e. The van der Waals surface area contributed by atoms with Gasteiger partial charge in [0.1, 0.15) is 17.3 Å². The summed E-state index contributed by atoms with van der Waals surface area (Å²) in [4.78, 5) is 12.5. The lowest BCUT2D eigenvalue weighted by Gasteiger charge is -2.21. The summed E-state index contributed by atoms with van der Waals surface area (Å²) >= 11 is 1.59. The van der Waals surface area contributed by atoms with Crippen LogP contribution in [0.15, 0.2) is 28.6 Å². The molecule has 0 spiro atoms. The summed E-state index contributed by atoms with van der Waals surface area (Å²) in [6, 6.07) is 4.01. The van der Waals surface area contributed by atoms with Crippen LogP contribution in [0.2, 0.25) is 0 Å². The Labute approximate surface area is 185 Å². The lowest BCUT2D eigenvalue weighted by molar-refractivity contribution is 0.576. The fourth-order valence-electron chi connectivity index (χ4n) is 3.02. The third-order valence-electron chi connectivity index (χ3n) is 4.37. The summed E-state index contributed by atoms with van der Waals surface area (Å²) in [7, 11) is 5.62. The second-order valence-electron chi connectivity index (χ2n) is 6.59. The molecule has 3 rings (SSSR count). The predicted octanol–water partition coefficient (Wildman–Crippen LogP) is 3.05. The van der Waals surface area contributed by atoms with E-state index in [-0.39, 0.29) is 35.7 Å². The van der Waals surface area contributed by atoms with Gasteiger partial charge in [-0.1, -0.05) is 6.07 Å². The third-order valence-corrected chi connectivity index (χ3v) is 5.42. The van der Waals surface area contributed by atoms with Crippen LogP contribution < -0.4 is 20.4 Å². The van der Waals surface area contributed by atoms with Crippen molar-refractivity contribution in [2.24, 2.45) is 4.99 Å². The molecule has 0 saturated carbocycles. The number of aliphatic imine (C=N–C) groups is 1. The molecule has 0 bridgehead atoms. The van der Waals surface area contributed by atoms with E-state index in [4.69, 9.17) is 0 Å². The van der Waals surface area contributed by atoms with Gasteiger partial charge in [0.05, 0.1) is 12.2 Å². The number of rotatable bonds is 5. The Bertz CT molecular complexity index is 793. The highest BCUT2D eigenvalue weighted by Gasteiger charge is 2.27. The van der Waals surface area contributed by atoms with Crippen molar-refractivity contribution in [3.05, 3.63) is 40.9 Å². The highest BCUT2D eigenvalue weighted by atomic mass is 127. The molecule has 0 aliphatic carbocycles. The Morgan fingerprint density at radius 1 is 1.36 bits per heavy atom. The minimum atomic E-state index is -0.529. The van der Waals surface area contributed by atoms with Crippen LogP contribution >= 0.6 is 35.3 Å². The zero-order chi connectivity index (χ0) is 19.4. The van der Waals surface area contributed by atoms with E-state index in [2.05, 4.69) is 20.6 Å². The molecule has 1 saturated heterocycles. The molecule has 1 aromatic heterocycles. The van der Waals surface area contributed by atoms with Gasteiger partial charge < -0.3 is 20.4 Å². The maximum absolute atomic E-state index is 14.0. The van der Waals surface area contributed by atoms with Gasteiger partial charge in [0.25, 0.3) is 0 Å². The van der Waals surface area contributed by atoms with Gasteiger partial charge in [-0.15, -0.1) is 35.3 Å². The zero-order valence-corrected chi connectivity index (χ0v) is 19.2. The molecule has 2 N–H and O–H groups in total. The third kappa shape index (κ3) is 5.43. The molecular formula is C18H25F2IN6S. The van der Waals surface area contributed by atoms with Gasteiger partial charge >= 0.3 is 0 Å². The van der Waals surface area contributed by atoms with Crippen molar-refractivity contribution in [2.45, 2.75) is 19.0 Å². The van der Waals surface area contributed by atoms with Gasteiger partial charge in [-0.05, 0) is 18.6 Å². The Morgan fingerprint density at radius 3 is 2.68 bits per heavy atom. The normalized spacial score (nSPS) is 16.7. The first-order valence-corrected chi connectivity index (χ1v) is 9.63. The first kappa shape index (κ1) is 22.6. The van der Waals surface area contributed by atoms with E-state index in [1.807, 2.05) is 24.4 Å².